The van der Waals surface area contributed by atoms with Crippen molar-refractivity contribution >= 4 is 29.1 Å². The molecule has 1 aliphatic rings. The van der Waals surface area contributed by atoms with Crippen molar-refractivity contribution in [1.82, 2.24) is 4.90 Å². The Bertz CT molecular complexity index is 875. The molecule has 154 valence electrons. The molecule has 0 saturated carbocycles. The van der Waals surface area contributed by atoms with Gasteiger partial charge in [-0.05, 0) is 75.6 Å². The number of hydrogen-bond acceptors (Lipinski definition) is 4. The van der Waals surface area contributed by atoms with Crippen molar-refractivity contribution in [2.24, 2.45) is 0 Å². The summed E-state index contributed by atoms with van der Waals surface area (Å²) in [7, 11) is 0. The van der Waals surface area contributed by atoms with E-state index in [0.717, 1.165) is 19.3 Å². The van der Waals surface area contributed by atoms with Crippen LogP contribution in [0.4, 0.5) is 5.69 Å². The molecular weight excluding hydrogens is 392 g/mol. The van der Waals surface area contributed by atoms with Gasteiger partial charge in [0, 0.05) is 22.7 Å². The SMILES string of the molecule is CC1CCCC(C)N1C(=O)COc1ccc(C(=O)Nc2cc(Cl)ccc2O)cc1. The molecule has 7 heteroatoms. The Labute approximate surface area is 175 Å². The number of phenols is 1. The molecule has 29 heavy (non-hydrogen) atoms. The van der Waals surface area contributed by atoms with Gasteiger partial charge in [-0.15, -0.1) is 0 Å². The van der Waals surface area contributed by atoms with Crippen molar-refractivity contribution in [3.8, 4) is 11.5 Å². The minimum atomic E-state index is -0.388. The van der Waals surface area contributed by atoms with Crippen LogP contribution in [0, 0.1) is 0 Å². The van der Waals surface area contributed by atoms with E-state index in [9.17, 15) is 14.7 Å². The molecule has 1 saturated heterocycles. The molecule has 0 spiro atoms. The molecule has 2 aromatic carbocycles. The fourth-order valence-electron chi connectivity index (χ4n) is 3.64. The van der Waals surface area contributed by atoms with Gasteiger partial charge in [-0.25, -0.2) is 0 Å². The van der Waals surface area contributed by atoms with E-state index in [1.54, 1.807) is 24.3 Å². The highest BCUT2D eigenvalue weighted by Crippen LogP contribution is 2.27. The molecule has 2 atom stereocenters. The highest BCUT2D eigenvalue weighted by atomic mass is 35.5. The summed E-state index contributed by atoms with van der Waals surface area (Å²) < 4.78 is 5.63. The number of nitrogens with one attached hydrogen (secondary N) is 1. The number of piperidine rings is 1. The van der Waals surface area contributed by atoms with Gasteiger partial charge in [0.25, 0.3) is 11.8 Å². The third-order valence-corrected chi connectivity index (χ3v) is 5.40. The number of likely N-dealkylation sites (tertiary alicyclic amines) is 1. The van der Waals surface area contributed by atoms with Crippen molar-refractivity contribution in [2.45, 2.75) is 45.2 Å². The number of hydrogen-bond donors (Lipinski definition) is 2. The highest BCUT2D eigenvalue weighted by Gasteiger charge is 2.28. The minimum absolute atomic E-state index is 0.0250. The fourth-order valence-corrected chi connectivity index (χ4v) is 3.81. The smallest absolute Gasteiger partial charge is 0.260 e. The second kappa shape index (κ2) is 9.18. The van der Waals surface area contributed by atoms with Gasteiger partial charge < -0.3 is 20.1 Å². The zero-order valence-electron chi connectivity index (χ0n) is 16.5. The largest absolute Gasteiger partial charge is 0.506 e. The molecule has 0 aromatic heterocycles. The van der Waals surface area contributed by atoms with E-state index in [0.29, 0.717) is 16.3 Å². The Kier molecular flexibility index (Phi) is 6.64. The monoisotopic (exact) mass is 416 g/mol. The predicted octanol–water partition coefficient (Wildman–Crippen LogP) is 4.47. The summed E-state index contributed by atoms with van der Waals surface area (Å²) >= 11 is 5.89. The van der Waals surface area contributed by atoms with Crippen molar-refractivity contribution in [3.05, 3.63) is 53.1 Å². The molecule has 1 heterocycles. The van der Waals surface area contributed by atoms with E-state index >= 15 is 0 Å². The quantitative estimate of drug-likeness (QED) is 0.705. The molecule has 3 rings (SSSR count). The van der Waals surface area contributed by atoms with Crippen LogP contribution in [-0.4, -0.2) is 40.5 Å². The number of phenolic OH excluding ortho intramolecular Hbond substituents is 1. The predicted molar refractivity (Wildman–Crippen MR) is 113 cm³/mol. The molecule has 2 amide bonds. The molecule has 6 nitrogen and oxygen atoms in total. The second-order valence-corrected chi connectivity index (χ2v) is 7.80. The number of rotatable bonds is 5. The molecule has 0 radical (unpaired) electrons. The first-order valence-corrected chi connectivity index (χ1v) is 10.1. The van der Waals surface area contributed by atoms with Crippen LogP contribution >= 0.6 is 11.6 Å². The first-order chi connectivity index (χ1) is 13.8. The van der Waals surface area contributed by atoms with E-state index in [-0.39, 0.29) is 41.9 Å². The van der Waals surface area contributed by atoms with Gasteiger partial charge in [0.15, 0.2) is 6.61 Å². The van der Waals surface area contributed by atoms with Gasteiger partial charge in [-0.2, -0.15) is 0 Å². The maximum atomic E-state index is 12.5. The lowest BCUT2D eigenvalue weighted by Crippen LogP contribution is -2.49. The van der Waals surface area contributed by atoms with E-state index in [1.165, 1.54) is 18.2 Å². The van der Waals surface area contributed by atoms with Crippen molar-refractivity contribution in [2.75, 3.05) is 11.9 Å². The number of ether oxygens (including phenoxy) is 1. The van der Waals surface area contributed by atoms with Crippen molar-refractivity contribution < 1.29 is 19.4 Å². The number of anilines is 1. The molecular formula is C22H25ClN2O4. The zero-order chi connectivity index (χ0) is 21.0. The Balaban J connectivity index is 1.57. The van der Waals surface area contributed by atoms with E-state index < -0.39 is 0 Å². The number of benzene rings is 2. The van der Waals surface area contributed by atoms with Gasteiger partial charge in [-0.1, -0.05) is 11.6 Å². The van der Waals surface area contributed by atoms with Crippen molar-refractivity contribution in [1.29, 1.82) is 0 Å². The summed E-state index contributed by atoms with van der Waals surface area (Å²) in [5.74, 6) is 0.0318. The summed E-state index contributed by atoms with van der Waals surface area (Å²) in [6, 6.07) is 11.4. The van der Waals surface area contributed by atoms with Crippen LogP contribution in [0.1, 0.15) is 43.5 Å². The van der Waals surface area contributed by atoms with Gasteiger partial charge >= 0.3 is 0 Å². The van der Waals surface area contributed by atoms with E-state index in [4.69, 9.17) is 16.3 Å². The molecule has 1 fully saturated rings. The molecule has 1 aliphatic heterocycles. The number of carbonyl (C=O) groups is 2. The van der Waals surface area contributed by atoms with Gasteiger partial charge in [0.2, 0.25) is 0 Å². The molecule has 2 aromatic rings. The lowest BCUT2D eigenvalue weighted by Gasteiger charge is -2.38. The Morgan fingerprint density at radius 1 is 1.14 bits per heavy atom. The van der Waals surface area contributed by atoms with Crippen LogP contribution in [0.5, 0.6) is 11.5 Å². The number of nitrogens with zero attached hydrogens (tertiary/aromatic N) is 1. The van der Waals surface area contributed by atoms with Crippen LogP contribution in [0.2, 0.25) is 5.02 Å². The Morgan fingerprint density at radius 2 is 1.79 bits per heavy atom. The average molecular weight is 417 g/mol. The van der Waals surface area contributed by atoms with Crippen LogP contribution in [0.3, 0.4) is 0 Å². The van der Waals surface area contributed by atoms with Crippen LogP contribution in [0.25, 0.3) is 0 Å². The molecule has 0 aliphatic carbocycles. The summed E-state index contributed by atoms with van der Waals surface area (Å²) in [5, 5.41) is 12.8. The third-order valence-electron chi connectivity index (χ3n) is 5.17. The standard InChI is InChI=1S/C22H25ClN2O4/c1-14-4-3-5-15(2)25(14)21(27)13-29-18-9-6-16(7-10-18)22(28)24-19-12-17(23)8-11-20(19)26/h6-12,14-15,26H,3-5,13H2,1-2H3,(H,24,28). The molecule has 2 unspecified atom stereocenters. The van der Waals surface area contributed by atoms with Crippen molar-refractivity contribution in [3.63, 3.8) is 0 Å². The summed E-state index contributed by atoms with van der Waals surface area (Å²) in [6.45, 7) is 4.11. The number of halogens is 1. The number of carbonyl (C=O) groups excluding carboxylic acids is 2. The van der Waals surface area contributed by atoms with Gasteiger partial charge in [0.05, 0.1) is 5.69 Å². The summed E-state index contributed by atoms with van der Waals surface area (Å²) in [4.78, 5) is 26.8. The lowest BCUT2D eigenvalue weighted by atomic mass is 9.97. The Hall–Kier alpha value is -2.73. The van der Waals surface area contributed by atoms with E-state index in [1.807, 2.05) is 4.90 Å². The minimum Gasteiger partial charge on any atom is -0.506 e. The van der Waals surface area contributed by atoms with Crippen LogP contribution in [0.15, 0.2) is 42.5 Å². The normalized spacial score (nSPS) is 18.9. The number of aromatic hydroxyl groups is 1. The van der Waals surface area contributed by atoms with Gasteiger partial charge in [0.1, 0.15) is 11.5 Å². The second-order valence-electron chi connectivity index (χ2n) is 7.36. The molecule has 2 N–H and O–H groups in total. The average Bonchev–Trinajstić information content (AvgIpc) is 2.69. The maximum Gasteiger partial charge on any atom is 0.260 e. The fraction of sp³-hybridized carbons (Fsp3) is 0.364. The maximum absolute atomic E-state index is 12.5. The van der Waals surface area contributed by atoms with Crippen LogP contribution < -0.4 is 10.1 Å². The molecule has 0 bridgehead atoms. The van der Waals surface area contributed by atoms with Gasteiger partial charge in [-0.3, -0.25) is 9.59 Å². The highest BCUT2D eigenvalue weighted by molar-refractivity contribution is 6.31. The lowest BCUT2D eigenvalue weighted by molar-refractivity contribution is -0.139. The topological polar surface area (TPSA) is 78.9 Å². The third kappa shape index (κ3) is 5.21. The Morgan fingerprint density at radius 3 is 2.45 bits per heavy atom. The number of amides is 2. The van der Waals surface area contributed by atoms with Crippen LogP contribution in [-0.2, 0) is 4.79 Å². The first kappa shape index (κ1) is 21.0. The first-order valence-electron chi connectivity index (χ1n) is 9.69. The summed E-state index contributed by atoms with van der Waals surface area (Å²) in [6.07, 6.45) is 3.17. The summed E-state index contributed by atoms with van der Waals surface area (Å²) in [5.41, 5.74) is 0.625. The zero-order valence-corrected chi connectivity index (χ0v) is 17.3. The van der Waals surface area contributed by atoms with E-state index in [2.05, 4.69) is 19.2 Å².